The van der Waals surface area contributed by atoms with Crippen LogP contribution in [0, 0.1) is 0 Å². The van der Waals surface area contributed by atoms with Crippen molar-refractivity contribution in [2.75, 3.05) is 5.73 Å². The number of hydrogen-bond donors (Lipinski definition) is 4. The van der Waals surface area contributed by atoms with Crippen LogP contribution >= 0.6 is 0 Å². The zero-order chi connectivity index (χ0) is 14.1. The highest BCUT2D eigenvalue weighted by atomic mass is 16.3. The highest BCUT2D eigenvalue weighted by molar-refractivity contribution is 6.07. The number of rotatable bonds is 2. The largest absolute Gasteiger partial charge is 0.399 e. The molecule has 106 valence electrons. The van der Waals surface area contributed by atoms with Crippen LogP contribution in [0.15, 0.2) is 24.4 Å². The van der Waals surface area contributed by atoms with Crippen LogP contribution in [0.1, 0.15) is 36.0 Å². The molecule has 0 bridgehead atoms. The van der Waals surface area contributed by atoms with Crippen LogP contribution in [0.25, 0.3) is 10.9 Å². The molecule has 5 nitrogen and oxygen atoms in total. The van der Waals surface area contributed by atoms with Crippen LogP contribution in [0.2, 0.25) is 0 Å². The molecule has 2 atom stereocenters. The molecule has 3 rings (SSSR count). The molecular formula is C15H19N3O2. The SMILES string of the molecule is Nc1ccc2c(C(=O)N[C@H]3CCCC[C@@H]3O)c[nH]c2c1. The number of hydrogen-bond acceptors (Lipinski definition) is 3. The molecule has 1 fully saturated rings. The predicted octanol–water partition coefficient (Wildman–Crippen LogP) is 1.78. The molecule has 0 aliphatic heterocycles. The van der Waals surface area contributed by atoms with Gasteiger partial charge in [0, 0.05) is 22.8 Å². The summed E-state index contributed by atoms with van der Waals surface area (Å²) >= 11 is 0. The fraction of sp³-hybridized carbons (Fsp3) is 0.400. The molecule has 1 heterocycles. The van der Waals surface area contributed by atoms with E-state index in [1.807, 2.05) is 12.1 Å². The molecule has 1 aliphatic rings. The van der Waals surface area contributed by atoms with Crippen molar-refractivity contribution in [3.63, 3.8) is 0 Å². The van der Waals surface area contributed by atoms with Gasteiger partial charge in [-0.25, -0.2) is 0 Å². The summed E-state index contributed by atoms with van der Waals surface area (Å²) in [6, 6.07) is 5.28. The van der Waals surface area contributed by atoms with Crippen LogP contribution in [0.5, 0.6) is 0 Å². The van der Waals surface area contributed by atoms with Crippen molar-refractivity contribution in [1.29, 1.82) is 0 Å². The van der Waals surface area contributed by atoms with E-state index >= 15 is 0 Å². The number of aromatic nitrogens is 1. The highest BCUT2D eigenvalue weighted by Crippen LogP contribution is 2.22. The second kappa shape index (κ2) is 5.17. The lowest BCUT2D eigenvalue weighted by Gasteiger charge is -2.28. The normalized spacial score (nSPS) is 22.9. The molecular weight excluding hydrogens is 254 g/mol. The van der Waals surface area contributed by atoms with E-state index in [1.54, 1.807) is 12.3 Å². The van der Waals surface area contributed by atoms with Crippen molar-refractivity contribution >= 4 is 22.5 Å². The lowest BCUT2D eigenvalue weighted by Crippen LogP contribution is -2.45. The van der Waals surface area contributed by atoms with Gasteiger partial charge in [0.2, 0.25) is 0 Å². The van der Waals surface area contributed by atoms with Crippen molar-refractivity contribution in [3.05, 3.63) is 30.0 Å². The number of amides is 1. The smallest absolute Gasteiger partial charge is 0.253 e. The first-order chi connectivity index (χ1) is 9.65. The number of aliphatic hydroxyl groups is 1. The Bertz CT molecular complexity index is 635. The van der Waals surface area contributed by atoms with Gasteiger partial charge in [-0.15, -0.1) is 0 Å². The van der Waals surface area contributed by atoms with Crippen molar-refractivity contribution in [2.24, 2.45) is 0 Å². The summed E-state index contributed by atoms with van der Waals surface area (Å²) in [5.74, 6) is -0.146. The number of aromatic amines is 1. The maximum atomic E-state index is 12.3. The number of H-pyrrole nitrogens is 1. The minimum absolute atomic E-state index is 0.144. The first kappa shape index (κ1) is 13.0. The Morgan fingerprint density at radius 1 is 1.35 bits per heavy atom. The minimum Gasteiger partial charge on any atom is -0.399 e. The predicted molar refractivity (Wildman–Crippen MR) is 78.4 cm³/mol. The van der Waals surface area contributed by atoms with Crippen LogP contribution in [-0.2, 0) is 0 Å². The topological polar surface area (TPSA) is 91.1 Å². The van der Waals surface area contributed by atoms with E-state index in [0.717, 1.165) is 36.6 Å². The average molecular weight is 273 g/mol. The number of aliphatic hydroxyl groups excluding tert-OH is 1. The van der Waals surface area contributed by atoms with Crippen molar-refractivity contribution in [3.8, 4) is 0 Å². The van der Waals surface area contributed by atoms with Gasteiger partial charge in [0.15, 0.2) is 0 Å². The minimum atomic E-state index is -0.437. The maximum absolute atomic E-state index is 12.3. The molecule has 0 saturated heterocycles. The van der Waals surface area contributed by atoms with E-state index in [2.05, 4.69) is 10.3 Å². The monoisotopic (exact) mass is 273 g/mol. The Kier molecular flexibility index (Phi) is 3.36. The number of carbonyl (C=O) groups excluding carboxylic acids is 1. The van der Waals surface area contributed by atoms with Gasteiger partial charge >= 0.3 is 0 Å². The van der Waals surface area contributed by atoms with Crippen LogP contribution in [-0.4, -0.2) is 28.1 Å². The van der Waals surface area contributed by atoms with Gasteiger partial charge < -0.3 is 21.1 Å². The van der Waals surface area contributed by atoms with Gasteiger partial charge in [0.1, 0.15) is 0 Å². The Morgan fingerprint density at radius 2 is 2.15 bits per heavy atom. The molecule has 20 heavy (non-hydrogen) atoms. The van der Waals surface area contributed by atoms with E-state index in [1.165, 1.54) is 0 Å². The van der Waals surface area contributed by atoms with E-state index in [0.29, 0.717) is 11.3 Å². The van der Waals surface area contributed by atoms with Gasteiger partial charge in [-0.2, -0.15) is 0 Å². The van der Waals surface area contributed by atoms with Crippen LogP contribution < -0.4 is 11.1 Å². The maximum Gasteiger partial charge on any atom is 0.253 e. The zero-order valence-electron chi connectivity index (χ0n) is 11.2. The summed E-state index contributed by atoms with van der Waals surface area (Å²) in [5, 5.41) is 13.7. The second-order valence-corrected chi connectivity index (χ2v) is 5.44. The fourth-order valence-electron chi connectivity index (χ4n) is 2.86. The van der Waals surface area contributed by atoms with Crippen LogP contribution in [0.3, 0.4) is 0 Å². The molecule has 0 unspecified atom stereocenters. The summed E-state index contributed by atoms with van der Waals surface area (Å²) in [7, 11) is 0. The molecule has 1 amide bonds. The summed E-state index contributed by atoms with van der Waals surface area (Å²) in [6.07, 6.45) is 4.92. The number of nitrogens with one attached hydrogen (secondary N) is 2. The van der Waals surface area contributed by atoms with Crippen LogP contribution in [0.4, 0.5) is 5.69 Å². The molecule has 0 spiro atoms. The van der Waals surface area contributed by atoms with E-state index in [-0.39, 0.29) is 11.9 Å². The third-order valence-corrected chi connectivity index (χ3v) is 4.00. The summed E-state index contributed by atoms with van der Waals surface area (Å²) in [4.78, 5) is 15.4. The Balaban J connectivity index is 1.82. The Morgan fingerprint density at radius 3 is 2.95 bits per heavy atom. The van der Waals surface area contributed by atoms with E-state index in [4.69, 9.17) is 5.73 Å². The molecule has 5 heteroatoms. The molecule has 1 aromatic heterocycles. The van der Waals surface area contributed by atoms with E-state index in [9.17, 15) is 9.90 Å². The zero-order valence-corrected chi connectivity index (χ0v) is 11.2. The van der Waals surface area contributed by atoms with Gasteiger partial charge in [-0.1, -0.05) is 12.8 Å². The lowest BCUT2D eigenvalue weighted by atomic mass is 9.92. The lowest BCUT2D eigenvalue weighted by molar-refractivity contribution is 0.0718. The first-order valence-corrected chi connectivity index (χ1v) is 7.00. The molecule has 0 radical (unpaired) electrons. The summed E-state index contributed by atoms with van der Waals surface area (Å²) < 4.78 is 0. The van der Waals surface area contributed by atoms with E-state index < -0.39 is 6.10 Å². The molecule has 1 aliphatic carbocycles. The number of anilines is 1. The number of nitrogen functional groups attached to an aromatic ring is 1. The van der Waals surface area contributed by atoms with Gasteiger partial charge in [-0.3, -0.25) is 4.79 Å². The van der Waals surface area contributed by atoms with Crippen molar-refractivity contribution in [1.82, 2.24) is 10.3 Å². The summed E-state index contributed by atoms with van der Waals surface area (Å²) in [6.45, 7) is 0. The Labute approximate surface area is 117 Å². The second-order valence-electron chi connectivity index (χ2n) is 5.44. The third kappa shape index (κ3) is 2.36. The molecule has 5 N–H and O–H groups in total. The standard InChI is InChI=1S/C15H19N3O2/c16-9-5-6-10-11(8-17-13(10)7-9)15(20)18-12-3-1-2-4-14(12)19/h5-8,12,14,17,19H,1-4,16H2,(H,18,20)/t12-,14-/m0/s1. The number of benzene rings is 1. The number of fused-ring (bicyclic) bond motifs is 1. The molecule has 1 aromatic carbocycles. The van der Waals surface area contributed by atoms with Gasteiger partial charge in [0.05, 0.1) is 17.7 Å². The molecule has 1 saturated carbocycles. The fourth-order valence-corrected chi connectivity index (χ4v) is 2.86. The average Bonchev–Trinajstić information content (AvgIpc) is 2.84. The van der Waals surface area contributed by atoms with Crippen molar-refractivity contribution < 1.29 is 9.90 Å². The van der Waals surface area contributed by atoms with Gasteiger partial charge in [-0.05, 0) is 31.0 Å². The highest BCUT2D eigenvalue weighted by Gasteiger charge is 2.25. The number of nitrogens with two attached hydrogens (primary N) is 1. The van der Waals surface area contributed by atoms with Gasteiger partial charge in [0.25, 0.3) is 5.91 Å². The number of carbonyl (C=O) groups is 1. The first-order valence-electron chi connectivity index (χ1n) is 7.00. The summed E-state index contributed by atoms with van der Waals surface area (Å²) in [5.41, 5.74) is 7.83. The quantitative estimate of drug-likeness (QED) is 0.629. The third-order valence-electron chi connectivity index (χ3n) is 4.00. The molecule has 2 aromatic rings. The Hall–Kier alpha value is -2.01. The van der Waals surface area contributed by atoms with Crippen molar-refractivity contribution in [2.45, 2.75) is 37.8 Å².